The number of aromatic hydroxyl groups is 1. The largest absolute Gasteiger partial charge is 0.508 e. The number of amides is 2. The SMILES string of the molecule is O=C(Nc1nnc(-c2ccccc2)s1)N1CCN(Cc2cccc(O)c2)CC1. The number of carbonyl (C=O) groups is 1. The first-order valence-electron chi connectivity index (χ1n) is 9.12. The summed E-state index contributed by atoms with van der Waals surface area (Å²) in [5, 5.41) is 22.0. The number of rotatable bonds is 4. The molecule has 0 atom stereocenters. The molecule has 2 heterocycles. The lowest BCUT2D eigenvalue weighted by molar-refractivity contribution is 0.143. The molecule has 1 fully saturated rings. The Balaban J connectivity index is 1.29. The van der Waals surface area contributed by atoms with E-state index >= 15 is 0 Å². The monoisotopic (exact) mass is 395 g/mol. The fraction of sp³-hybridized carbons (Fsp3) is 0.250. The average molecular weight is 395 g/mol. The molecule has 8 heteroatoms. The molecule has 0 spiro atoms. The van der Waals surface area contributed by atoms with Gasteiger partial charge < -0.3 is 10.0 Å². The molecule has 1 aliphatic rings. The third-order valence-corrected chi connectivity index (χ3v) is 5.52. The lowest BCUT2D eigenvalue weighted by atomic mass is 10.2. The summed E-state index contributed by atoms with van der Waals surface area (Å²) < 4.78 is 0. The number of nitrogens with zero attached hydrogens (tertiary/aromatic N) is 4. The summed E-state index contributed by atoms with van der Waals surface area (Å²) in [5.41, 5.74) is 2.06. The second-order valence-corrected chi connectivity index (χ2v) is 7.62. The summed E-state index contributed by atoms with van der Waals surface area (Å²) >= 11 is 1.37. The number of piperazine rings is 1. The summed E-state index contributed by atoms with van der Waals surface area (Å²) in [6.45, 7) is 3.63. The van der Waals surface area contributed by atoms with Crippen molar-refractivity contribution in [1.82, 2.24) is 20.0 Å². The molecule has 0 saturated carbocycles. The number of anilines is 1. The normalized spacial score (nSPS) is 14.8. The lowest BCUT2D eigenvalue weighted by Crippen LogP contribution is -2.49. The highest BCUT2D eigenvalue weighted by Gasteiger charge is 2.22. The Kier molecular flexibility index (Phi) is 5.50. The number of benzene rings is 2. The van der Waals surface area contributed by atoms with Crippen LogP contribution in [0.1, 0.15) is 5.56 Å². The Hall–Kier alpha value is -2.97. The first-order valence-corrected chi connectivity index (χ1v) is 9.94. The Labute approximate surface area is 167 Å². The summed E-state index contributed by atoms with van der Waals surface area (Å²) in [7, 11) is 0. The maximum Gasteiger partial charge on any atom is 0.323 e. The summed E-state index contributed by atoms with van der Waals surface area (Å²) in [6, 6.07) is 16.9. The van der Waals surface area contributed by atoms with Gasteiger partial charge in [-0.25, -0.2) is 4.79 Å². The fourth-order valence-electron chi connectivity index (χ4n) is 3.16. The van der Waals surface area contributed by atoms with E-state index in [1.165, 1.54) is 11.3 Å². The van der Waals surface area contributed by atoms with Crippen molar-refractivity contribution in [3.8, 4) is 16.3 Å². The predicted octanol–water partition coefficient (Wildman–Crippen LogP) is 3.26. The zero-order chi connectivity index (χ0) is 19.3. The van der Waals surface area contributed by atoms with Gasteiger partial charge in [0.25, 0.3) is 0 Å². The number of nitrogens with one attached hydrogen (secondary N) is 1. The number of aromatic nitrogens is 2. The fourth-order valence-corrected chi connectivity index (χ4v) is 3.90. The molecule has 1 aliphatic heterocycles. The van der Waals surface area contributed by atoms with E-state index in [4.69, 9.17) is 0 Å². The second-order valence-electron chi connectivity index (χ2n) is 6.64. The highest BCUT2D eigenvalue weighted by Crippen LogP contribution is 2.26. The van der Waals surface area contributed by atoms with Gasteiger partial charge in [0.05, 0.1) is 0 Å². The molecule has 0 unspecified atom stereocenters. The molecule has 144 valence electrons. The van der Waals surface area contributed by atoms with Crippen LogP contribution in [0.25, 0.3) is 10.6 Å². The zero-order valence-electron chi connectivity index (χ0n) is 15.3. The van der Waals surface area contributed by atoms with Crippen molar-refractivity contribution < 1.29 is 9.90 Å². The van der Waals surface area contributed by atoms with Gasteiger partial charge in [-0.15, -0.1) is 10.2 Å². The Morgan fingerprint density at radius 3 is 2.57 bits per heavy atom. The Morgan fingerprint density at radius 2 is 1.82 bits per heavy atom. The molecule has 0 radical (unpaired) electrons. The van der Waals surface area contributed by atoms with Gasteiger partial charge in [-0.1, -0.05) is 53.8 Å². The number of phenols is 1. The number of hydrogen-bond donors (Lipinski definition) is 2. The van der Waals surface area contributed by atoms with Gasteiger partial charge in [0.2, 0.25) is 5.13 Å². The molecule has 28 heavy (non-hydrogen) atoms. The van der Waals surface area contributed by atoms with Crippen LogP contribution in [0, 0.1) is 0 Å². The Morgan fingerprint density at radius 1 is 1.04 bits per heavy atom. The van der Waals surface area contributed by atoms with Crippen LogP contribution in [-0.2, 0) is 6.54 Å². The number of carbonyl (C=O) groups excluding carboxylic acids is 1. The van der Waals surface area contributed by atoms with Crippen LogP contribution < -0.4 is 5.32 Å². The van der Waals surface area contributed by atoms with E-state index in [1.54, 1.807) is 17.0 Å². The standard InChI is InChI=1S/C20H21N5O2S/c26-17-8-4-5-15(13-17)14-24-9-11-25(12-10-24)20(27)21-19-23-22-18(28-19)16-6-2-1-3-7-16/h1-8,13,26H,9-12,14H2,(H,21,23,27). The van der Waals surface area contributed by atoms with Crippen LogP contribution in [0.15, 0.2) is 54.6 Å². The van der Waals surface area contributed by atoms with Crippen LogP contribution in [0.4, 0.5) is 9.93 Å². The lowest BCUT2D eigenvalue weighted by Gasteiger charge is -2.34. The average Bonchev–Trinajstić information content (AvgIpc) is 3.18. The topological polar surface area (TPSA) is 81.6 Å². The highest BCUT2D eigenvalue weighted by atomic mass is 32.1. The van der Waals surface area contributed by atoms with Gasteiger partial charge in [-0.05, 0) is 17.7 Å². The van der Waals surface area contributed by atoms with Crippen molar-refractivity contribution in [3.05, 3.63) is 60.2 Å². The summed E-state index contributed by atoms with van der Waals surface area (Å²) in [5.74, 6) is 0.280. The van der Waals surface area contributed by atoms with Crippen molar-refractivity contribution in [2.45, 2.75) is 6.54 Å². The van der Waals surface area contributed by atoms with Gasteiger partial charge >= 0.3 is 6.03 Å². The summed E-state index contributed by atoms with van der Waals surface area (Å²) in [4.78, 5) is 16.6. The molecule has 0 bridgehead atoms. The van der Waals surface area contributed by atoms with Crippen molar-refractivity contribution in [3.63, 3.8) is 0 Å². The van der Waals surface area contributed by atoms with Gasteiger partial charge in [0.15, 0.2) is 0 Å². The van der Waals surface area contributed by atoms with Crippen molar-refractivity contribution >= 4 is 22.5 Å². The second kappa shape index (κ2) is 8.37. The summed E-state index contributed by atoms with van der Waals surface area (Å²) in [6.07, 6.45) is 0. The molecule has 7 nitrogen and oxygen atoms in total. The molecule has 2 N–H and O–H groups in total. The van der Waals surface area contributed by atoms with E-state index in [-0.39, 0.29) is 11.8 Å². The minimum absolute atomic E-state index is 0.146. The maximum atomic E-state index is 12.5. The van der Waals surface area contributed by atoms with E-state index in [1.807, 2.05) is 42.5 Å². The maximum absolute atomic E-state index is 12.5. The molecule has 3 aromatic rings. The van der Waals surface area contributed by atoms with Crippen LogP contribution >= 0.6 is 11.3 Å². The van der Waals surface area contributed by atoms with E-state index in [9.17, 15) is 9.90 Å². The highest BCUT2D eigenvalue weighted by molar-refractivity contribution is 7.18. The number of phenolic OH excluding ortho intramolecular Hbond substituents is 1. The molecule has 2 aromatic carbocycles. The van der Waals surface area contributed by atoms with Crippen LogP contribution in [-0.4, -0.2) is 57.3 Å². The van der Waals surface area contributed by atoms with E-state index in [0.29, 0.717) is 18.2 Å². The first-order chi connectivity index (χ1) is 13.7. The minimum atomic E-state index is -0.146. The minimum Gasteiger partial charge on any atom is -0.508 e. The molecule has 0 aliphatic carbocycles. The molecular formula is C20H21N5O2S. The van der Waals surface area contributed by atoms with E-state index in [2.05, 4.69) is 20.4 Å². The van der Waals surface area contributed by atoms with Crippen LogP contribution in [0.3, 0.4) is 0 Å². The molecule has 1 aromatic heterocycles. The van der Waals surface area contributed by atoms with Crippen LogP contribution in [0.5, 0.6) is 5.75 Å². The molecule has 4 rings (SSSR count). The van der Waals surface area contributed by atoms with E-state index in [0.717, 1.165) is 35.8 Å². The number of urea groups is 1. The van der Waals surface area contributed by atoms with Crippen LogP contribution in [0.2, 0.25) is 0 Å². The number of hydrogen-bond acceptors (Lipinski definition) is 6. The Bertz CT molecular complexity index is 939. The first kappa shape index (κ1) is 18.4. The third-order valence-electron chi connectivity index (χ3n) is 4.64. The third kappa shape index (κ3) is 4.47. The molecule has 2 amide bonds. The van der Waals surface area contributed by atoms with Crippen molar-refractivity contribution in [2.24, 2.45) is 0 Å². The molecule has 1 saturated heterocycles. The van der Waals surface area contributed by atoms with E-state index < -0.39 is 0 Å². The predicted molar refractivity (Wildman–Crippen MR) is 109 cm³/mol. The van der Waals surface area contributed by atoms with Crippen molar-refractivity contribution in [1.29, 1.82) is 0 Å². The van der Waals surface area contributed by atoms with Gasteiger partial charge in [0, 0.05) is 38.3 Å². The smallest absolute Gasteiger partial charge is 0.323 e. The quantitative estimate of drug-likeness (QED) is 0.709. The molecular weight excluding hydrogens is 374 g/mol. The zero-order valence-corrected chi connectivity index (χ0v) is 16.1. The van der Waals surface area contributed by atoms with Gasteiger partial charge in [-0.2, -0.15) is 0 Å². The van der Waals surface area contributed by atoms with Crippen molar-refractivity contribution in [2.75, 3.05) is 31.5 Å². The van der Waals surface area contributed by atoms with Gasteiger partial charge in [-0.3, -0.25) is 10.2 Å². The van der Waals surface area contributed by atoms with Gasteiger partial charge in [0.1, 0.15) is 10.8 Å².